The number of nitrogens with zero attached hydrogens (tertiary/aromatic N) is 1. The lowest BCUT2D eigenvalue weighted by molar-refractivity contribution is -0.140. The van der Waals surface area contributed by atoms with Gasteiger partial charge >= 0.3 is 0 Å². The number of hydrogen-bond donors (Lipinski definition) is 1. The van der Waals surface area contributed by atoms with Crippen molar-refractivity contribution in [1.29, 1.82) is 0 Å². The quantitative estimate of drug-likeness (QED) is 0.674. The van der Waals surface area contributed by atoms with E-state index in [0.29, 0.717) is 45.8 Å². The second-order valence-corrected chi connectivity index (χ2v) is 4.30. The summed E-state index contributed by atoms with van der Waals surface area (Å²) in [7, 11) is 1.61. The minimum Gasteiger partial charge on any atom is -0.383 e. The van der Waals surface area contributed by atoms with Crippen molar-refractivity contribution >= 4 is 5.91 Å². The van der Waals surface area contributed by atoms with Gasteiger partial charge in [-0.2, -0.15) is 0 Å². The molecule has 0 spiro atoms. The zero-order valence-corrected chi connectivity index (χ0v) is 10.5. The SMILES string of the molecule is C=CCN(CCOC)C(=O)C1(N)CCOCC1. The van der Waals surface area contributed by atoms with Gasteiger partial charge in [0, 0.05) is 33.4 Å². The van der Waals surface area contributed by atoms with E-state index in [0.717, 1.165) is 0 Å². The molecule has 0 atom stereocenters. The molecule has 1 heterocycles. The van der Waals surface area contributed by atoms with Crippen molar-refractivity contribution in [3.05, 3.63) is 12.7 Å². The Hall–Kier alpha value is -0.910. The normalized spacial score (nSPS) is 18.7. The highest BCUT2D eigenvalue weighted by atomic mass is 16.5. The molecular formula is C12H22N2O3. The average molecular weight is 242 g/mol. The van der Waals surface area contributed by atoms with Crippen molar-refractivity contribution in [2.75, 3.05) is 40.0 Å². The molecule has 1 fully saturated rings. The Labute approximate surface area is 103 Å². The second-order valence-electron chi connectivity index (χ2n) is 4.30. The highest BCUT2D eigenvalue weighted by molar-refractivity contribution is 5.86. The lowest BCUT2D eigenvalue weighted by Gasteiger charge is -2.36. The molecule has 0 aliphatic carbocycles. The molecule has 17 heavy (non-hydrogen) atoms. The predicted octanol–water partition coefficient (Wildman–Crippen LogP) is 0.155. The molecule has 1 rings (SSSR count). The van der Waals surface area contributed by atoms with Gasteiger partial charge < -0.3 is 20.1 Å². The Bertz CT molecular complexity index is 262. The highest BCUT2D eigenvalue weighted by Crippen LogP contribution is 2.20. The largest absolute Gasteiger partial charge is 0.383 e. The van der Waals surface area contributed by atoms with E-state index >= 15 is 0 Å². The summed E-state index contributed by atoms with van der Waals surface area (Å²) >= 11 is 0. The Kier molecular flexibility index (Phi) is 5.61. The Morgan fingerprint density at radius 1 is 1.59 bits per heavy atom. The summed E-state index contributed by atoms with van der Waals surface area (Å²) in [6, 6.07) is 0. The van der Waals surface area contributed by atoms with Crippen molar-refractivity contribution in [2.45, 2.75) is 18.4 Å². The molecule has 1 amide bonds. The van der Waals surface area contributed by atoms with Gasteiger partial charge in [0.25, 0.3) is 0 Å². The van der Waals surface area contributed by atoms with Gasteiger partial charge in [-0.15, -0.1) is 6.58 Å². The molecule has 0 aromatic heterocycles. The number of nitrogens with two attached hydrogens (primary N) is 1. The molecule has 5 nitrogen and oxygen atoms in total. The van der Waals surface area contributed by atoms with Crippen molar-refractivity contribution in [3.63, 3.8) is 0 Å². The van der Waals surface area contributed by atoms with Crippen LogP contribution in [0.15, 0.2) is 12.7 Å². The standard InChI is InChI=1S/C12H22N2O3/c1-3-6-14(7-10-16-2)11(15)12(13)4-8-17-9-5-12/h3H,1,4-10,13H2,2H3. The van der Waals surface area contributed by atoms with Crippen LogP contribution < -0.4 is 5.73 Å². The van der Waals surface area contributed by atoms with E-state index in [-0.39, 0.29) is 5.91 Å². The van der Waals surface area contributed by atoms with Crippen LogP contribution in [0.25, 0.3) is 0 Å². The van der Waals surface area contributed by atoms with Crippen LogP contribution in [0.1, 0.15) is 12.8 Å². The topological polar surface area (TPSA) is 64.8 Å². The summed E-state index contributed by atoms with van der Waals surface area (Å²) in [6.45, 7) is 6.31. The van der Waals surface area contributed by atoms with Crippen LogP contribution in [0.2, 0.25) is 0 Å². The van der Waals surface area contributed by atoms with Gasteiger partial charge in [0.2, 0.25) is 5.91 Å². The smallest absolute Gasteiger partial charge is 0.243 e. The third-order valence-electron chi connectivity index (χ3n) is 3.01. The predicted molar refractivity (Wildman–Crippen MR) is 65.6 cm³/mol. The number of carbonyl (C=O) groups is 1. The van der Waals surface area contributed by atoms with Crippen LogP contribution in [0, 0.1) is 0 Å². The first kappa shape index (κ1) is 14.2. The Balaban J connectivity index is 2.64. The molecule has 1 aliphatic heterocycles. The Morgan fingerprint density at radius 2 is 2.24 bits per heavy atom. The molecule has 1 aliphatic rings. The minimum absolute atomic E-state index is 0.0299. The van der Waals surface area contributed by atoms with Gasteiger partial charge in [0.1, 0.15) is 0 Å². The van der Waals surface area contributed by atoms with Crippen molar-refractivity contribution in [2.24, 2.45) is 5.73 Å². The van der Waals surface area contributed by atoms with Gasteiger partial charge in [0.15, 0.2) is 0 Å². The minimum atomic E-state index is -0.783. The monoisotopic (exact) mass is 242 g/mol. The molecule has 0 saturated carbocycles. The van der Waals surface area contributed by atoms with Crippen LogP contribution in [-0.2, 0) is 14.3 Å². The van der Waals surface area contributed by atoms with Crippen molar-refractivity contribution < 1.29 is 14.3 Å². The van der Waals surface area contributed by atoms with Crippen LogP contribution in [-0.4, -0.2) is 56.4 Å². The number of amides is 1. The Morgan fingerprint density at radius 3 is 2.76 bits per heavy atom. The van der Waals surface area contributed by atoms with Gasteiger partial charge in [-0.3, -0.25) is 4.79 Å². The van der Waals surface area contributed by atoms with Gasteiger partial charge in [-0.1, -0.05) is 6.08 Å². The molecule has 5 heteroatoms. The summed E-state index contributed by atoms with van der Waals surface area (Å²) in [5.74, 6) is -0.0299. The van der Waals surface area contributed by atoms with E-state index in [1.807, 2.05) is 0 Å². The van der Waals surface area contributed by atoms with Crippen LogP contribution in [0.5, 0.6) is 0 Å². The number of rotatable bonds is 6. The first-order valence-electron chi connectivity index (χ1n) is 5.90. The van der Waals surface area contributed by atoms with E-state index in [1.165, 1.54) is 0 Å². The molecule has 0 aromatic rings. The van der Waals surface area contributed by atoms with E-state index in [1.54, 1.807) is 18.1 Å². The zero-order chi connectivity index (χ0) is 12.7. The fourth-order valence-electron chi connectivity index (χ4n) is 1.90. The molecule has 0 bridgehead atoms. The molecular weight excluding hydrogens is 220 g/mol. The summed E-state index contributed by atoms with van der Waals surface area (Å²) < 4.78 is 10.2. The van der Waals surface area contributed by atoms with Crippen LogP contribution in [0.4, 0.5) is 0 Å². The second kappa shape index (κ2) is 6.74. The maximum absolute atomic E-state index is 12.4. The molecule has 0 radical (unpaired) electrons. The first-order valence-corrected chi connectivity index (χ1v) is 5.90. The third-order valence-corrected chi connectivity index (χ3v) is 3.01. The van der Waals surface area contributed by atoms with Crippen LogP contribution >= 0.6 is 0 Å². The van der Waals surface area contributed by atoms with E-state index in [9.17, 15) is 4.79 Å². The van der Waals surface area contributed by atoms with Crippen molar-refractivity contribution in [1.82, 2.24) is 4.90 Å². The summed E-state index contributed by atoms with van der Waals surface area (Å²) in [6.07, 6.45) is 2.86. The van der Waals surface area contributed by atoms with E-state index in [4.69, 9.17) is 15.2 Å². The van der Waals surface area contributed by atoms with E-state index in [2.05, 4.69) is 6.58 Å². The summed E-state index contributed by atoms with van der Waals surface area (Å²) in [5.41, 5.74) is 5.38. The zero-order valence-electron chi connectivity index (χ0n) is 10.5. The maximum Gasteiger partial charge on any atom is 0.243 e. The number of carbonyl (C=O) groups excluding carboxylic acids is 1. The average Bonchev–Trinajstić information content (AvgIpc) is 2.34. The maximum atomic E-state index is 12.4. The number of hydrogen-bond acceptors (Lipinski definition) is 4. The number of ether oxygens (including phenoxy) is 2. The third kappa shape index (κ3) is 3.80. The summed E-state index contributed by atoms with van der Waals surface area (Å²) in [4.78, 5) is 14.1. The fourth-order valence-corrected chi connectivity index (χ4v) is 1.90. The molecule has 2 N–H and O–H groups in total. The molecule has 98 valence electrons. The molecule has 0 aromatic carbocycles. The van der Waals surface area contributed by atoms with Crippen molar-refractivity contribution in [3.8, 4) is 0 Å². The number of methoxy groups -OCH3 is 1. The van der Waals surface area contributed by atoms with Gasteiger partial charge in [-0.05, 0) is 12.8 Å². The summed E-state index contributed by atoms with van der Waals surface area (Å²) in [5, 5.41) is 0. The van der Waals surface area contributed by atoms with E-state index < -0.39 is 5.54 Å². The van der Waals surface area contributed by atoms with Gasteiger partial charge in [0.05, 0.1) is 12.1 Å². The van der Waals surface area contributed by atoms with Gasteiger partial charge in [-0.25, -0.2) is 0 Å². The molecule has 1 saturated heterocycles. The van der Waals surface area contributed by atoms with Crippen LogP contribution in [0.3, 0.4) is 0 Å². The highest BCUT2D eigenvalue weighted by Gasteiger charge is 2.38. The fraction of sp³-hybridized carbons (Fsp3) is 0.750. The first-order chi connectivity index (χ1) is 8.14. The lowest BCUT2D eigenvalue weighted by atomic mass is 9.89. The molecule has 0 unspecified atom stereocenters. The lowest BCUT2D eigenvalue weighted by Crippen LogP contribution is -2.58.